The van der Waals surface area contributed by atoms with Crippen LogP contribution in [0.4, 0.5) is 11.4 Å². The maximum atomic E-state index is 11.5. The fourth-order valence-electron chi connectivity index (χ4n) is 1.19. The number of aromatic hydroxyl groups is 1. The van der Waals surface area contributed by atoms with Crippen molar-refractivity contribution in [2.45, 2.75) is 19.4 Å². The van der Waals surface area contributed by atoms with E-state index in [0.29, 0.717) is 6.42 Å². The van der Waals surface area contributed by atoms with E-state index in [0.717, 1.165) is 6.07 Å². The van der Waals surface area contributed by atoms with Gasteiger partial charge in [0.25, 0.3) is 5.69 Å². The summed E-state index contributed by atoms with van der Waals surface area (Å²) in [5.41, 5.74) is 5.13. The van der Waals surface area contributed by atoms with Crippen molar-refractivity contribution in [1.29, 1.82) is 0 Å². The number of phenolic OH excluding ortho intramolecular Hbond substituents is 1. The van der Waals surface area contributed by atoms with Crippen molar-refractivity contribution >= 4 is 17.3 Å². The van der Waals surface area contributed by atoms with Crippen molar-refractivity contribution in [1.82, 2.24) is 0 Å². The highest BCUT2D eigenvalue weighted by atomic mass is 16.6. The third-order valence-corrected chi connectivity index (χ3v) is 2.21. The average Bonchev–Trinajstić information content (AvgIpc) is 2.29. The van der Waals surface area contributed by atoms with E-state index in [1.807, 2.05) is 0 Å². The molecule has 0 spiro atoms. The van der Waals surface area contributed by atoms with Crippen molar-refractivity contribution in [3.8, 4) is 5.75 Å². The number of carbonyl (C=O) groups excluding carboxylic acids is 1. The number of nitrogens with zero attached hydrogens (tertiary/aromatic N) is 1. The second-order valence-electron chi connectivity index (χ2n) is 3.46. The predicted molar refractivity (Wildman–Crippen MR) is 61.7 cm³/mol. The van der Waals surface area contributed by atoms with Gasteiger partial charge in [0.15, 0.2) is 0 Å². The van der Waals surface area contributed by atoms with Gasteiger partial charge >= 0.3 is 0 Å². The van der Waals surface area contributed by atoms with Crippen LogP contribution in [0.3, 0.4) is 0 Å². The van der Waals surface area contributed by atoms with E-state index in [-0.39, 0.29) is 17.1 Å². The van der Waals surface area contributed by atoms with Gasteiger partial charge in [-0.05, 0) is 18.6 Å². The fourth-order valence-corrected chi connectivity index (χ4v) is 1.19. The van der Waals surface area contributed by atoms with Crippen LogP contribution in [0.15, 0.2) is 18.2 Å². The zero-order chi connectivity index (χ0) is 13.0. The summed E-state index contributed by atoms with van der Waals surface area (Å²) >= 11 is 0. The lowest BCUT2D eigenvalue weighted by Crippen LogP contribution is -2.34. The molecule has 1 atom stereocenters. The van der Waals surface area contributed by atoms with Crippen LogP contribution in [0.1, 0.15) is 13.3 Å². The maximum absolute atomic E-state index is 11.5. The second-order valence-corrected chi connectivity index (χ2v) is 3.46. The Morgan fingerprint density at radius 2 is 2.29 bits per heavy atom. The number of nitro benzene ring substituents is 1. The van der Waals surface area contributed by atoms with Crippen molar-refractivity contribution in [2.75, 3.05) is 5.32 Å². The molecule has 7 heteroatoms. The molecular weight excluding hydrogens is 226 g/mol. The molecule has 0 saturated carbocycles. The summed E-state index contributed by atoms with van der Waals surface area (Å²) < 4.78 is 0. The highest BCUT2D eigenvalue weighted by molar-refractivity contribution is 5.96. The van der Waals surface area contributed by atoms with Crippen LogP contribution in [0.25, 0.3) is 0 Å². The molecule has 0 aliphatic carbocycles. The van der Waals surface area contributed by atoms with Crippen molar-refractivity contribution in [2.24, 2.45) is 5.73 Å². The standard InChI is InChI=1S/C10H13N3O4/c1-2-7(11)10(15)12-8-4-3-6(14)5-9(8)13(16)17/h3-5,7,14H,2,11H2,1H3,(H,12,15)/t7-/m1/s1. The molecule has 0 fully saturated rings. The first-order valence-electron chi connectivity index (χ1n) is 4.99. The first-order valence-corrected chi connectivity index (χ1v) is 4.99. The summed E-state index contributed by atoms with van der Waals surface area (Å²) in [6, 6.07) is 2.75. The van der Waals surface area contributed by atoms with Crippen LogP contribution in [0.2, 0.25) is 0 Å². The molecule has 1 rings (SSSR count). The molecule has 1 aromatic rings. The van der Waals surface area contributed by atoms with Gasteiger partial charge in [0.2, 0.25) is 5.91 Å². The number of nitrogens with one attached hydrogen (secondary N) is 1. The predicted octanol–water partition coefficient (Wildman–Crippen LogP) is 0.976. The molecule has 0 bridgehead atoms. The number of hydrogen-bond donors (Lipinski definition) is 3. The van der Waals surface area contributed by atoms with Crippen molar-refractivity contribution in [3.63, 3.8) is 0 Å². The van der Waals surface area contributed by atoms with Gasteiger partial charge in [0.1, 0.15) is 11.4 Å². The van der Waals surface area contributed by atoms with E-state index in [1.165, 1.54) is 12.1 Å². The number of anilines is 1. The third kappa shape index (κ3) is 3.15. The second kappa shape index (κ2) is 5.26. The Balaban J connectivity index is 2.98. The van der Waals surface area contributed by atoms with Crippen LogP contribution in [-0.2, 0) is 4.79 Å². The smallest absolute Gasteiger partial charge is 0.296 e. The van der Waals surface area contributed by atoms with Gasteiger partial charge in [-0.15, -0.1) is 0 Å². The quantitative estimate of drug-likeness (QED) is 0.411. The Morgan fingerprint density at radius 1 is 1.65 bits per heavy atom. The number of nitrogens with two attached hydrogens (primary N) is 1. The van der Waals surface area contributed by atoms with Crippen molar-refractivity contribution in [3.05, 3.63) is 28.3 Å². The highest BCUT2D eigenvalue weighted by Gasteiger charge is 2.19. The zero-order valence-electron chi connectivity index (χ0n) is 9.21. The third-order valence-electron chi connectivity index (χ3n) is 2.21. The SMILES string of the molecule is CC[C@@H](N)C(=O)Nc1ccc(O)cc1[N+](=O)[O-]. The Morgan fingerprint density at radius 3 is 2.82 bits per heavy atom. The molecule has 0 aromatic heterocycles. The number of benzene rings is 1. The Hall–Kier alpha value is -2.15. The first kappa shape index (κ1) is 12.9. The summed E-state index contributed by atoms with van der Waals surface area (Å²) in [4.78, 5) is 21.5. The fraction of sp³-hybridized carbons (Fsp3) is 0.300. The molecule has 4 N–H and O–H groups in total. The van der Waals surface area contributed by atoms with Gasteiger partial charge in [0.05, 0.1) is 17.0 Å². The van der Waals surface area contributed by atoms with Gasteiger partial charge in [-0.3, -0.25) is 14.9 Å². The lowest BCUT2D eigenvalue weighted by Gasteiger charge is -2.10. The normalized spacial score (nSPS) is 11.9. The first-order chi connectivity index (χ1) is 7.95. The molecule has 0 radical (unpaired) electrons. The number of amides is 1. The van der Waals surface area contributed by atoms with Crippen LogP contribution < -0.4 is 11.1 Å². The van der Waals surface area contributed by atoms with Gasteiger partial charge in [-0.1, -0.05) is 6.92 Å². The van der Waals surface area contributed by atoms with Crippen LogP contribution in [0, 0.1) is 10.1 Å². The van der Waals surface area contributed by atoms with Gasteiger partial charge in [-0.25, -0.2) is 0 Å². The summed E-state index contributed by atoms with van der Waals surface area (Å²) in [6.07, 6.45) is 0.428. The summed E-state index contributed by atoms with van der Waals surface area (Å²) in [7, 11) is 0. The Bertz CT molecular complexity index is 447. The molecule has 17 heavy (non-hydrogen) atoms. The molecule has 92 valence electrons. The Labute approximate surface area is 97.4 Å². The summed E-state index contributed by atoms with van der Waals surface area (Å²) in [6.45, 7) is 1.73. The minimum absolute atomic E-state index is 0.0155. The minimum atomic E-state index is -0.719. The average molecular weight is 239 g/mol. The summed E-state index contributed by atoms with van der Waals surface area (Å²) in [5.74, 6) is -0.740. The van der Waals surface area contributed by atoms with Crippen molar-refractivity contribution < 1.29 is 14.8 Å². The number of hydrogen-bond acceptors (Lipinski definition) is 5. The number of nitro groups is 1. The molecule has 0 aliphatic heterocycles. The minimum Gasteiger partial charge on any atom is -0.508 e. The molecule has 0 aliphatic rings. The molecule has 1 aromatic carbocycles. The maximum Gasteiger partial charge on any atom is 0.296 e. The zero-order valence-corrected chi connectivity index (χ0v) is 9.21. The molecule has 7 nitrogen and oxygen atoms in total. The lowest BCUT2D eigenvalue weighted by molar-refractivity contribution is -0.384. The van der Waals surface area contributed by atoms with E-state index in [4.69, 9.17) is 10.8 Å². The summed E-state index contributed by atoms with van der Waals surface area (Å²) in [5, 5.41) is 22.2. The van der Waals surface area contributed by atoms with Crippen LogP contribution in [-0.4, -0.2) is 22.0 Å². The van der Waals surface area contributed by atoms with E-state index >= 15 is 0 Å². The van der Waals surface area contributed by atoms with Crippen LogP contribution in [0.5, 0.6) is 5.75 Å². The molecule has 0 heterocycles. The number of phenols is 1. The van der Waals surface area contributed by atoms with E-state index in [9.17, 15) is 14.9 Å². The van der Waals surface area contributed by atoms with E-state index in [1.54, 1.807) is 6.92 Å². The number of carbonyl (C=O) groups is 1. The molecule has 0 saturated heterocycles. The largest absolute Gasteiger partial charge is 0.508 e. The monoisotopic (exact) mass is 239 g/mol. The van der Waals surface area contributed by atoms with Gasteiger partial charge in [-0.2, -0.15) is 0 Å². The highest BCUT2D eigenvalue weighted by Crippen LogP contribution is 2.28. The van der Waals surface area contributed by atoms with E-state index in [2.05, 4.69) is 5.32 Å². The van der Waals surface area contributed by atoms with Gasteiger partial charge in [0, 0.05) is 0 Å². The molecule has 0 unspecified atom stereocenters. The molecule has 1 amide bonds. The lowest BCUT2D eigenvalue weighted by atomic mass is 10.2. The number of rotatable bonds is 4. The van der Waals surface area contributed by atoms with E-state index < -0.39 is 16.9 Å². The molecular formula is C10H13N3O4. The topological polar surface area (TPSA) is 118 Å². The Kier molecular flexibility index (Phi) is 4.00. The van der Waals surface area contributed by atoms with Gasteiger partial charge < -0.3 is 16.2 Å². The van der Waals surface area contributed by atoms with Crippen LogP contribution >= 0.6 is 0 Å².